The molecule has 0 atom stereocenters. The number of anilines is 1. The predicted molar refractivity (Wildman–Crippen MR) is 51.9 cm³/mol. The first kappa shape index (κ1) is 7.73. The van der Waals surface area contributed by atoms with Crippen molar-refractivity contribution in [1.29, 1.82) is 0 Å². The Hall–Kier alpha value is -1.90. The molecule has 0 aliphatic heterocycles. The molecule has 0 aromatic carbocycles. The maximum atomic E-state index is 5.61. The molecule has 0 radical (unpaired) electrons. The molecule has 64 valence electrons. The lowest BCUT2D eigenvalue weighted by atomic mass is 10.2. The second kappa shape index (κ2) is 3.23. The quantitative estimate of drug-likeness (QED) is 0.710. The van der Waals surface area contributed by atoms with Crippen LogP contribution in [0.4, 0.5) is 5.69 Å². The van der Waals surface area contributed by atoms with E-state index in [1.54, 1.807) is 18.6 Å². The number of hydrogen-bond donors (Lipinski definition) is 1. The molecule has 2 rings (SSSR count). The number of hydrogen-bond acceptors (Lipinski definition) is 3. The van der Waals surface area contributed by atoms with Crippen molar-refractivity contribution in [2.45, 2.75) is 0 Å². The predicted octanol–water partition coefficient (Wildman–Crippen LogP) is 1.73. The maximum absolute atomic E-state index is 5.61. The molecule has 0 fully saturated rings. The van der Waals surface area contributed by atoms with Crippen LogP contribution in [0.15, 0.2) is 42.9 Å². The molecule has 2 aromatic rings. The van der Waals surface area contributed by atoms with Crippen molar-refractivity contribution in [3.63, 3.8) is 0 Å². The summed E-state index contributed by atoms with van der Waals surface area (Å²) in [4.78, 5) is 8.19. The highest BCUT2D eigenvalue weighted by atomic mass is 14.7. The highest BCUT2D eigenvalue weighted by Crippen LogP contribution is 2.16. The van der Waals surface area contributed by atoms with Crippen LogP contribution in [-0.4, -0.2) is 9.97 Å². The lowest BCUT2D eigenvalue weighted by Gasteiger charge is -1.99. The van der Waals surface area contributed by atoms with Crippen LogP contribution in [0.3, 0.4) is 0 Å². The smallest absolute Gasteiger partial charge is 0.0718 e. The Bertz CT molecular complexity index is 398. The van der Waals surface area contributed by atoms with Gasteiger partial charge in [0.2, 0.25) is 0 Å². The van der Waals surface area contributed by atoms with Gasteiger partial charge in [-0.1, -0.05) is 6.07 Å². The van der Waals surface area contributed by atoms with Gasteiger partial charge in [-0.05, 0) is 18.2 Å². The SMILES string of the molecule is Nc1cncc(-c2ccccn2)c1. The van der Waals surface area contributed by atoms with E-state index in [1.807, 2.05) is 24.3 Å². The summed E-state index contributed by atoms with van der Waals surface area (Å²) < 4.78 is 0. The molecule has 13 heavy (non-hydrogen) atoms. The Morgan fingerprint density at radius 1 is 1.15 bits per heavy atom. The zero-order valence-corrected chi connectivity index (χ0v) is 7.01. The summed E-state index contributed by atoms with van der Waals surface area (Å²) in [5, 5.41) is 0. The van der Waals surface area contributed by atoms with E-state index in [-0.39, 0.29) is 0 Å². The highest BCUT2D eigenvalue weighted by molar-refractivity contribution is 5.61. The van der Waals surface area contributed by atoms with E-state index < -0.39 is 0 Å². The summed E-state index contributed by atoms with van der Waals surface area (Å²) in [7, 11) is 0. The zero-order valence-electron chi connectivity index (χ0n) is 7.01. The summed E-state index contributed by atoms with van der Waals surface area (Å²) >= 11 is 0. The Morgan fingerprint density at radius 2 is 2.08 bits per heavy atom. The Kier molecular flexibility index (Phi) is 1.92. The summed E-state index contributed by atoms with van der Waals surface area (Å²) in [5.41, 5.74) is 8.10. The van der Waals surface area contributed by atoms with Gasteiger partial charge in [-0.2, -0.15) is 0 Å². The largest absolute Gasteiger partial charge is 0.397 e. The first-order chi connectivity index (χ1) is 6.36. The third-order valence-corrected chi connectivity index (χ3v) is 1.72. The normalized spacial score (nSPS) is 9.85. The summed E-state index contributed by atoms with van der Waals surface area (Å²) in [6.07, 6.45) is 5.11. The van der Waals surface area contributed by atoms with E-state index in [0.29, 0.717) is 5.69 Å². The van der Waals surface area contributed by atoms with Gasteiger partial charge in [0.25, 0.3) is 0 Å². The summed E-state index contributed by atoms with van der Waals surface area (Å²) in [5.74, 6) is 0. The van der Waals surface area contributed by atoms with Crippen LogP contribution in [0, 0.1) is 0 Å². The molecule has 0 bridgehead atoms. The maximum Gasteiger partial charge on any atom is 0.0718 e. The van der Waals surface area contributed by atoms with Crippen molar-refractivity contribution < 1.29 is 0 Å². The fraction of sp³-hybridized carbons (Fsp3) is 0. The van der Waals surface area contributed by atoms with Gasteiger partial charge in [0.05, 0.1) is 11.4 Å². The molecule has 0 unspecified atom stereocenters. The molecule has 2 N–H and O–H groups in total. The lowest BCUT2D eigenvalue weighted by Crippen LogP contribution is -1.88. The van der Waals surface area contributed by atoms with Crippen molar-refractivity contribution in [3.8, 4) is 11.3 Å². The summed E-state index contributed by atoms with van der Waals surface area (Å²) in [6.45, 7) is 0. The molecule has 3 heteroatoms. The zero-order chi connectivity index (χ0) is 9.10. The van der Waals surface area contributed by atoms with Gasteiger partial charge in [-0.25, -0.2) is 0 Å². The van der Waals surface area contributed by atoms with Crippen LogP contribution in [0.5, 0.6) is 0 Å². The number of nitrogens with two attached hydrogens (primary N) is 1. The fourth-order valence-corrected chi connectivity index (χ4v) is 1.13. The van der Waals surface area contributed by atoms with Gasteiger partial charge in [0.1, 0.15) is 0 Å². The first-order valence-electron chi connectivity index (χ1n) is 3.98. The van der Waals surface area contributed by atoms with Crippen molar-refractivity contribution in [1.82, 2.24) is 9.97 Å². The van der Waals surface area contributed by atoms with Crippen molar-refractivity contribution >= 4 is 5.69 Å². The first-order valence-corrected chi connectivity index (χ1v) is 3.98. The standard InChI is InChI=1S/C10H9N3/c11-9-5-8(6-12-7-9)10-3-1-2-4-13-10/h1-7H,11H2. The highest BCUT2D eigenvalue weighted by Gasteiger charge is 1.97. The average molecular weight is 171 g/mol. The molecule has 3 nitrogen and oxygen atoms in total. The lowest BCUT2D eigenvalue weighted by molar-refractivity contribution is 1.28. The molecule has 0 aliphatic carbocycles. The van der Waals surface area contributed by atoms with Gasteiger partial charge in [0, 0.05) is 24.2 Å². The van der Waals surface area contributed by atoms with Crippen LogP contribution in [0.1, 0.15) is 0 Å². The number of aromatic nitrogens is 2. The van der Waals surface area contributed by atoms with E-state index in [4.69, 9.17) is 5.73 Å². The third kappa shape index (κ3) is 1.64. The van der Waals surface area contributed by atoms with Crippen molar-refractivity contribution in [2.24, 2.45) is 0 Å². The monoisotopic (exact) mass is 171 g/mol. The summed E-state index contributed by atoms with van der Waals surface area (Å²) in [6, 6.07) is 7.60. The van der Waals surface area contributed by atoms with Gasteiger partial charge in [-0.3, -0.25) is 9.97 Å². The second-order valence-electron chi connectivity index (χ2n) is 2.72. The second-order valence-corrected chi connectivity index (χ2v) is 2.72. The molecule has 0 saturated heterocycles. The number of nitrogens with zero attached hydrogens (tertiary/aromatic N) is 2. The van der Waals surface area contributed by atoms with Crippen LogP contribution in [0.25, 0.3) is 11.3 Å². The van der Waals surface area contributed by atoms with Crippen molar-refractivity contribution in [3.05, 3.63) is 42.9 Å². The molecular weight excluding hydrogens is 162 g/mol. The minimum Gasteiger partial charge on any atom is -0.397 e. The Morgan fingerprint density at radius 3 is 2.77 bits per heavy atom. The minimum absolute atomic E-state index is 0.656. The molecular formula is C10H9N3. The molecule has 2 heterocycles. The average Bonchev–Trinajstić information content (AvgIpc) is 2.19. The fourth-order valence-electron chi connectivity index (χ4n) is 1.13. The van der Waals surface area contributed by atoms with Gasteiger partial charge in [0.15, 0.2) is 0 Å². The van der Waals surface area contributed by atoms with Crippen LogP contribution in [0.2, 0.25) is 0 Å². The van der Waals surface area contributed by atoms with E-state index in [2.05, 4.69) is 9.97 Å². The van der Waals surface area contributed by atoms with Crippen LogP contribution < -0.4 is 5.73 Å². The van der Waals surface area contributed by atoms with E-state index in [9.17, 15) is 0 Å². The minimum atomic E-state index is 0.656. The number of rotatable bonds is 1. The number of pyridine rings is 2. The molecule has 0 aliphatic rings. The van der Waals surface area contributed by atoms with Crippen molar-refractivity contribution in [2.75, 3.05) is 5.73 Å². The topological polar surface area (TPSA) is 51.8 Å². The molecule has 0 saturated carbocycles. The number of nitrogen functional groups attached to an aromatic ring is 1. The van der Waals surface area contributed by atoms with Crippen LogP contribution in [-0.2, 0) is 0 Å². The Labute approximate surface area is 76.3 Å². The molecule has 0 amide bonds. The van der Waals surface area contributed by atoms with Gasteiger partial charge in [-0.15, -0.1) is 0 Å². The van der Waals surface area contributed by atoms with E-state index in [1.165, 1.54) is 0 Å². The Balaban J connectivity index is 2.48. The van der Waals surface area contributed by atoms with Gasteiger partial charge < -0.3 is 5.73 Å². The molecule has 0 spiro atoms. The van der Waals surface area contributed by atoms with E-state index >= 15 is 0 Å². The molecule has 2 aromatic heterocycles. The van der Waals surface area contributed by atoms with Gasteiger partial charge >= 0.3 is 0 Å². The van der Waals surface area contributed by atoms with Crippen LogP contribution >= 0.6 is 0 Å². The van der Waals surface area contributed by atoms with E-state index in [0.717, 1.165) is 11.3 Å². The third-order valence-electron chi connectivity index (χ3n) is 1.72.